The van der Waals surface area contributed by atoms with Crippen molar-refractivity contribution in [3.8, 4) is 11.3 Å². The van der Waals surface area contributed by atoms with Crippen LogP contribution in [0.5, 0.6) is 0 Å². The highest BCUT2D eigenvalue weighted by Crippen LogP contribution is 2.26. The normalized spacial score (nSPS) is 10.7. The van der Waals surface area contributed by atoms with Crippen LogP contribution in [-0.2, 0) is 6.42 Å². The maximum absolute atomic E-state index is 4.40. The maximum atomic E-state index is 4.40. The highest BCUT2D eigenvalue weighted by atomic mass is 15.1. The summed E-state index contributed by atoms with van der Waals surface area (Å²) in [6.45, 7) is 2.16. The molecule has 0 fully saturated rings. The average Bonchev–Trinajstić information content (AvgIpc) is 2.47. The molecule has 3 rings (SSSR count). The summed E-state index contributed by atoms with van der Waals surface area (Å²) in [6.07, 6.45) is 0.959. The van der Waals surface area contributed by atoms with Crippen molar-refractivity contribution in [2.24, 2.45) is 0 Å². The van der Waals surface area contributed by atoms with Gasteiger partial charge in [-0.05, 0) is 18.1 Å². The lowest BCUT2D eigenvalue weighted by Gasteiger charge is -2.09. The predicted octanol–water partition coefficient (Wildman–Crippen LogP) is 3.86. The molecule has 2 aromatic carbocycles. The van der Waals surface area contributed by atoms with E-state index in [1.54, 1.807) is 0 Å². The summed E-state index contributed by atoms with van der Waals surface area (Å²) in [5.74, 6) is 0. The molecule has 0 saturated heterocycles. The second-order valence-electron chi connectivity index (χ2n) is 4.26. The fourth-order valence-corrected chi connectivity index (χ4v) is 2.29. The number of aryl methyl sites for hydroxylation is 1. The maximum Gasteiger partial charge on any atom is 0.0967 e. The molecular formula is C16H14N2. The fourth-order valence-electron chi connectivity index (χ4n) is 2.29. The van der Waals surface area contributed by atoms with Crippen molar-refractivity contribution in [1.29, 1.82) is 0 Å². The number of rotatable bonds is 2. The van der Waals surface area contributed by atoms with Crippen molar-refractivity contribution in [3.05, 3.63) is 60.2 Å². The lowest BCUT2D eigenvalue weighted by Crippen LogP contribution is -1.96. The molecule has 0 aliphatic carbocycles. The Labute approximate surface area is 106 Å². The predicted molar refractivity (Wildman–Crippen MR) is 74.4 cm³/mol. The van der Waals surface area contributed by atoms with Crippen LogP contribution >= 0.6 is 0 Å². The molecular weight excluding hydrogens is 220 g/mol. The second-order valence-corrected chi connectivity index (χ2v) is 4.26. The summed E-state index contributed by atoms with van der Waals surface area (Å²) in [5, 5.41) is 9.92. The number of benzene rings is 2. The lowest BCUT2D eigenvalue weighted by molar-refractivity contribution is 1.03. The van der Waals surface area contributed by atoms with Crippen molar-refractivity contribution in [3.63, 3.8) is 0 Å². The van der Waals surface area contributed by atoms with Crippen LogP contribution in [0.4, 0.5) is 0 Å². The van der Waals surface area contributed by atoms with Crippen LogP contribution in [-0.4, -0.2) is 10.2 Å². The zero-order valence-electron chi connectivity index (χ0n) is 10.3. The zero-order valence-corrected chi connectivity index (χ0v) is 10.3. The van der Waals surface area contributed by atoms with E-state index < -0.39 is 0 Å². The van der Waals surface area contributed by atoms with Crippen LogP contribution in [0.25, 0.3) is 22.2 Å². The molecule has 18 heavy (non-hydrogen) atoms. The van der Waals surface area contributed by atoms with Gasteiger partial charge in [0, 0.05) is 10.9 Å². The highest BCUT2D eigenvalue weighted by Gasteiger charge is 2.10. The molecule has 0 spiro atoms. The van der Waals surface area contributed by atoms with Crippen molar-refractivity contribution in [2.75, 3.05) is 0 Å². The number of nitrogens with zero attached hydrogens (tertiary/aromatic N) is 2. The van der Waals surface area contributed by atoms with E-state index in [0.717, 1.165) is 23.2 Å². The Hall–Kier alpha value is -2.22. The molecule has 1 heterocycles. The number of aromatic nitrogens is 2. The van der Waals surface area contributed by atoms with E-state index in [1.165, 1.54) is 10.9 Å². The minimum atomic E-state index is 0.959. The van der Waals surface area contributed by atoms with Crippen LogP contribution in [0, 0.1) is 0 Å². The zero-order chi connectivity index (χ0) is 12.4. The molecule has 88 valence electrons. The van der Waals surface area contributed by atoms with E-state index in [9.17, 15) is 0 Å². The van der Waals surface area contributed by atoms with Gasteiger partial charge in [0.05, 0.1) is 11.2 Å². The summed E-state index contributed by atoms with van der Waals surface area (Å²) in [7, 11) is 0. The highest BCUT2D eigenvalue weighted by molar-refractivity contribution is 5.86. The monoisotopic (exact) mass is 234 g/mol. The van der Waals surface area contributed by atoms with Crippen LogP contribution in [0.2, 0.25) is 0 Å². The number of hydrogen-bond donors (Lipinski definition) is 0. The summed E-state index contributed by atoms with van der Waals surface area (Å²) < 4.78 is 0. The molecule has 0 amide bonds. The third-order valence-electron chi connectivity index (χ3n) is 3.17. The minimum absolute atomic E-state index is 0.959. The van der Waals surface area contributed by atoms with E-state index >= 15 is 0 Å². The van der Waals surface area contributed by atoms with Gasteiger partial charge in [-0.1, -0.05) is 55.5 Å². The topological polar surface area (TPSA) is 25.8 Å². The summed E-state index contributed by atoms with van der Waals surface area (Å²) in [5.41, 5.74) is 4.37. The van der Waals surface area contributed by atoms with Gasteiger partial charge in [0.1, 0.15) is 0 Å². The van der Waals surface area contributed by atoms with Crippen LogP contribution < -0.4 is 0 Å². The molecule has 1 aromatic heterocycles. The molecule has 0 saturated carbocycles. The molecule has 0 aliphatic heterocycles. The smallest absolute Gasteiger partial charge is 0.0967 e. The lowest BCUT2D eigenvalue weighted by atomic mass is 10.0. The standard InChI is InChI=1S/C16H14N2/c1-2-13-14-10-6-7-11-15(14)17-18-16(13)12-8-4-3-5-9-12/h3-11H,2H2,1H3. The minimum Gasteiger partial charge on any atom is -0.150 e. The first kappa shape index (κ1) is 10.9. The molecule has 0 bridgehead atoms. The quantitative estimate of drug-likeness (QED) is 0.673. The third-order valence-corrected chi connectivity index (χ3v) is 3.17. The Morgan fingerprint density at radius 2 is 1.56 bits per heavy atom. The molecule has 3 aromatic rings. The third kappa shape index (κ3) is 1.76. The number of hydrogen-bond acceptors (Lipinski definition) is 2. The Morgan fingerprint density at radius 3 is 2.33 bits per heavy atom. The second kappa shape index (κ2) is 4.57. The van der Waals surface area contributed by atoms with Gasteiger partial charge < -0.3 is 0 Å². The van der Waals surface area contributed by atoms with Gasteiger partial charge in [0.2, 0.25) is 0 Å². The molecule has 2 heteroatoms. The van der Waals surface area contributed by atoms with E-state index in [4.69, 9.17) is 0 Å². The first-order chi connectivity index (χ1) is 8.90. The summed E-state index contributed by atoms with van der Waals surface area (Å²) >= 11 is 0. The van der Waals surface area contributed by atoms with Gasteiger partial charge in [-0.15, -0.1) is 10.2 Å². The Morgan fingerprint density at radius 1 is 0.833 bits per heavy atom. The molecule has 0 N–H and O–H groups in total. The first-order valence-electron chi connectivity index (χ1n) is 6.20. The molecule has 0 aliphatic rings. The van der Waals surface area contributed by atoms with E-state index in [-0.39, 0.29) is 0 Å². The average molecular weight is 234 g/mol. The van der Waals surface area contributed by atoms with Gasteiger partial charge in [0.15, 0.2) is 0 Å². The van der Waals surface area contributed by atoms with E-state index in [0.29, 0.717) is 0 Å². The number of fused-ring (bicyclic) bond motifs is 1. The van der Waals surface area contributed by atoms with Gasteiger partial charge in [0.25, 0.3) is 0 Å². The summed E-state index contributed by atoms with van der Waals surface area (Å²) in [4.78, 5) is 0. The van der Waals surface area contributed by atoms with E-state index in [2.05, 4.69) is 41.4 Å². The Balaban J connectivity index is 2.31. The van der Waals surface area contributed by atoms with Crippen molar-refractivity contribution in [1.82, 2.24) is 10.2 Å². The van der Waals surface area contributed by atoms with Gasteiger partial charge in [-0.3, -0.25) is 0 Å². The largest absolute Gasteiger partial charge is 0.150 e. The molecule has 2 nitrogen and oxygen atoms in total. The van der Waals surface area contributed by atoms with E-state index in [1.807, 2.05) is 30.3 Å². The molecule has 0 radical (unpaired) electrons. The van der Waals surface area contributed by atoms with Crippen LogP contribution in [0.3, 0.4) is 0 Å². The molecule has 0 unspecified atom stereocenters. The van der Waals surface area contributed by atoms with Gasteiger partial charge >= 0.3 is 0 Å². The first-order valence-corrected chi connectivity index (χ1v) is 6.20. The van der Waals surface area contributed by atoms with Crippen molar-refractivity contribution in [2.45, 2.75) is 13.3 Å². The fraction of sp³-hybridized carbons (Fsp3) is 0.125. The summed E-state index contributed by atoms with van der Waals surface area (Å²) in [6, 6.07) is 18.4. The van der Waals surface area contributed by atoms with Gasteiger partial charge in [-0.25, -0.2) is 0 Å². The Bertz CT molecular complexity index is 675. The molecule has 0 atom stereocenters. The van der Waals surface area contributed by atoms with Gasteiger partial charge in [-0.2, -0.15) is 0 Å². The van der Waals surface area contributed by atoms with Crippen LogP contribution in [0.15, 0.2) is 54.6 Å². The Kier molecular flexibility index (Phi) is 2.77. The van der Waals surface area contributed by atoms with Crippen LogP contribution in [0.1, 0.15) is 12.5 Å². The SMILES string of the molecule is CCc1c(-c2ccccc2)nnc2ccccc12. The van der Waals surface area contributed by atoms with Crippen molar-refractivity contribution < 1.29 is 0 Å². The van der Waals surface area contributed by atoms with Crippen molar-refractivity contribution >= 4 is 10.9 Å².